The Labute approximate surface area is 281 Å². The van der Waals surface area contributed by atoms with Gasteiger partial charge < -0.3 is 18.9 Å². The Bertz CT molecular complexity index is 1400. The summed E-state index contributed by atoms with van der Waals surface area (Å²) in [5.41, 5.74) is 0.357. The number of hydrogen-bond acceptors (Lipinski definition) is 8. The van der Waals surface area contributed by atoms with Crippen molar-refractivity contribution in [2.75, 3.05) is 26.4 Å². The van der Waals surface area contributed by atoms with Gasteiger partial charge >= 0.3 is 0 Å². The SMILES string of the molecule is CCOc1cc(C=C(C#N)C(=O)C(C)(C)C)ccc1OCCCCCCCOc1ccc(C=C(C#N)C(=O)C(C)(C)C)cc1OCC. The van der Waals surface area contributed by atoms with E-state index in [-0.39, 0.29) is 22.7 Å². The van der Waals surface area contributed by atoms with Gasteiger partial charge in [0.15, 0.2) is 34.6 Å². The lowest BCUT2D eigenvalue weighted by Gasteiger charge is -2.16. The third-order valence-corrected chi connectivity index (χ3v) is 7.05. The Hall–Kier alpha value is -4.56. The normalized spacial score (nSPS) is 12.1. The van der Waals surface area contributed by atoms with Crippen LogP contribution < -0.4 is 18.9 Å². The van der Waals surface area contributed by atoms with Gasteiger partial charge in [-0.1, -0.05) is 72.9 Å². The second-order valence-electron chi connectivity index (χ2n) is 13.2. The van der Waals surface area contributed by atoms with Crippen LogP contribution in [0.1, 0.15) is 98.6 Å². The van der Waals surface area contributed by atoms with Crippen molar-refractivity contribution in [2.24, 2.45) is 10.8 Å². The number of ketones is 2. The first kappa shape index (κ1) is 38.6. The maximum Gasteiger partial charge on any atom is 0.178 e. The van der Waals surface area contributed by atoms with E-state index < -0.39 is 10.8 Å². The number of ether oxygens (including phenoxy) is 4. The lowest BCUT2D eigenvalue weighted by Crippen LogP contribution is -2.21. The van der Waals surface area contributed by atoms with Crippen molar-refractivity contribution in [3.63, 3.8) is 0 Å². The third kappa shape index (κ3) is 12.6. The van der Waals surface area contributed by atoms with E-state index in [1.807, 2.05) is 50.3 Å². The molecular formula is C39H50N2O6. The van der Waals surface area contributed by atoms with Gasteiger partial charge in [0, 0.05) is 10.8 Å². The molecule has 0 N–H and O–H groups in total. The van der Waals surface area contributed by atoms with Crippen LogP contribution in [-0.2, 0) is 9.59 Å². The van der Waals surface area contributed by atoms with Crippen LogP contribution in [0, 0.1) is 33.5 Å². The molecule has 2 rings (SSSR count). The largest absolute Gasteiger partial charge is 0.490 e. The number of benzene rings is 2. The van der Waals surface area contributed by atoms with Crippen molar-refractivity contribution >= 4 is 23.7 Å². The molecular weight excluding hydrogens is 592 g/mol. The van der Waals surface area contributed by atoms with Gasteiger partial charge in [-0.2, -0.15) is 10.5 Å². The molecule has 0 bridgehead atoms. The summed E-state index contributed by atoms with van der Waals surface area (Å²) < 4.78 is 23.6. The molecule has 2 aromatic carbocycles. The van der Waals surface area contributed by atoms with Crippen molar-refractivity contribution < 1.29 is 28.5 Å². The van der Waals surface area contributed by atoms with Gasteiger partial charge in [-0.15, -0.1) is 0 Å². The van der Waals surface area contributed by atoms with E-state index in [2.05, 4.69) is 0 Å². The van der Waals surface area contributed by atoms with Crippen molar-refractivity contribution in [2.45, 2.75) is 87.5 Å². The molecule has 0 unspecified atom stereocenters. The first-order chi connectivity index (χ1) is 22.2. The standard InChI is InChI=1S/C39H50N2O6/c1-9-44-34-24-28(22-30(26-40)36(42)38(3,4)5)16-18-32(34)46-20-14-12-11-13-15-21-47-33-19-17-29(25-35(33)45-10-2)23-31(27-41)37(43)39(6,7)8/h16-19,22-25H,9-15,20-21H2,1-8H3. The van der Waals surface area contributed by atoms with Gasteiger partial charge in [0.25, 0.3) is 0 Å². The van der Waals surface area contributed by atoms with Gasteiger partial charge in [0.2, 0.25) is 0 Å². The molecule has 0 aliphatic rings. The quantitative estimate of drug-likeness (QED) is 0.0898. The zero-order chi connectivity index (χ0) is 35.0. The van der Waals surface area contributed by atoms with Crippen LogP contribution in [-0.4, -0.2) is 38.0 Å². The Morgan fingerprint density at radius 1 is 0.596 bits per heavy atom. The minimum atomic E-state index is -0.640. The van der Waals surface area contributed by atoms with Crippen molar-refractivity contribution in [1.29, 1.82) is 10.5 Å². The molecule has 252 valence electrons. The van der Waals surface area contributed by atoms with Crippen LogP contribution in [0.25, 0.3) is 12.2 Å². The number of hydrogen-bond donors (Lipinski definition) is 0. The molecule has 47 heavy (non-hydrogen) atoms. The maximum absolute atomic E-state index is 12.6. The molecule has 0 radical (unpaired) electrons. The highest BCUT2D eigenvalue weighted by molar-refractivity contribution is 6.06. The highest BCUT2D eigenvalue weighted by Gasteiger charge is 2.26. The first-order valence-corrected chi connectivity index (χ1v) is 16.4. The average molecular weight is 643 g/mol. The Balaban J connectivity index is 1.85. The van der Waals surface area contributed by atoms with Gasteiger partial charge in [0.05, 0.1) is 37.6 Å². The predicted molar refractivity (Wildman–Crippen MR) is 185 cm³/mol. The van der Waals surface area contributed by atoms with Crippen molar-refractivity contribution in [3.8, 4) is 35.1 Å². The minimum Gasteiger partial charge on any atom is -0.490 e. The maximum atomic E-state index is 12.6. The predicted octanol–water partition coefficient (Wildman–Crippen LogP) is 8.94. The lowest BCUT2D eigenvalue weighted by atomic mass is 9.86. The summed E-state index contributed by atoms with van der Waals surface area (Å²) in [6.45, 7) is 16.6. The van der Waals surface area contributed by atoms with Crippen molar-refractivity contribution in [3.05, 3.63) is 58.7 Å². The van der Waals surface area contributed by atoms with Crippen LogP contribution in [0.5, 0.6) is 23.0 Å². The van der Waals surface area contributed by atoms with E-state index in [9.17, 15) is 20.1 Å². The Morgan fingerprint density at radius 2 is 0.957 bits per heavy atom. The Kier molecular flexibility index (Phi) is 15.2. The zero-order valence-electron chi connectivity index (χ0n) is 29.3. The van der Waals surface area contributed by atoms with Gasteiger partial charge in [-0.25, -0.2) is 0 Å². The topological polar surface area (TPSA) is 119 Å². The van der Waals surface area contributed by atoms with Crippen molar-refractivity contribution in [1.82, 2.24) is 0 Å². The number of rotatable bonds is 18. The van der Waals surface area contributed by atoms with Gasteiger partial charge in [-0.3, -0.25) is 9.59 Å². The highest BCUT2D eigenvalue weighted by Crippen LogP contribution is 2.32. The summed E-state index contributed by atoms with van der Waals surface area (Å²) in [4.78, 5) is 25.2. The monoisotopic (exact) mass is 642 g/mol. The minimum absolute atomic E-state index is 0.111. The van der Waals surface area contributed by atoms with E-state index >= 15 is 0 Å². The van der Waals surface area contributed by atoms with E-state index in [1.165, 1.54) is 0 Å². The fraction of sp³-hybridized carbons (Fsp3) is 0.487. The number of Topliss-reactive ketones (excluding diaryl/α,β-unsaturated/α-hetero) is 2. The van der Waals surface area contributed by atoms with E-state index in [1.54, 1.807) is 65.8 Å². The average Bonchev–Trinajstić information content (AvgIpc) is 3.02. The van der Waals surface area contributed by atoms with Gasteiger partial charge in [-0.05, 0) is 74.2 Å². The second-order valence-corrected chi connectivity index (χ2v) is 13.2. The fourth-order valence-corrected chi connectivity index (χ4v) is 4.54. The van der Waals surface area contributed by atoms with E-state index in [0.29, 0.717) is 60.6 Å². The van der Waals surface area contributed by atoms with E-state index in [4.69, 9.17) is 18.9 Å². The molecule has 0 saturated carbocycles. The molecule has 8 nitrogen and oxygen atoms in total. The first-order valence-electron chi connectivity index (χ1n) is 16.4. The smallest absolute Gasteiger partial charge is 0.178 e. The molecule has 0 fully saturated rings. The lowest BCUT2D eigenvalue weighted by molar-refractivity contribution is -0.122. The molecule has 0 saturated heterocycles. The summed E-state index contributed by atoms with van der Waals surface area (Å²) in [6, 6.07) is 14.9. The number of allylic oxidation sites excluding steroid dienone is 2. The number of nitrogens with zero attached hydrogens (tertiary/aromatic N) is 2. The molecule has 0 aliphatic carbocycles. The molecule has 0 amide bonds. The molecule has 8 heteroatoms. The summed E-state index contributed by atoms with van der Waals surface area (Å²) >= 11 is 0. The van der Waals surface area contributed by atoms with E-state index in [0.717, 1.165) is 32.1 Å². The number of carbonyl (C=O) groups excluding carboxylic acids is 2. The number of unbranched alkanes of at least 4 members (excludes halogenated alkanes) is 4. The highest BCUT2D eigenvalue weighted by atomic mass is 16.5. The second kappa shape index (κ2) is 18.6. The summed E-state index contributed by atoms with van der Waals surface area (Å²) in [7, 11) is 0. The third-order valence-electron chi connectivity index (χ3n) is 7.05. The van der Waals surface area contributed by atoms with Crippen LogP contribution in [0.15, 0.2) is 47.5 Å². The Morgan fingerprint density at radius 3 is 1.28 bits per heavy atom. The summed E-state index contributed by atoms with van der Waals surface area (Å²) in [5.74, 6) is 2.02. The molecule has 0 atom stereocenters. The van der Waals surface area contributed by atoms with Gasteiger partial charge in [0.1, 0.15) is 12.1 Å². The molecule has 0 aromatic heterocycles. The van der Waals surface area contributed by atoms with Crippen LogP contribution in [0.4, 0.5) is 0 Å². The summed E-state index contributed by atoms with van der Waals surface area (Å²) in [5, 5.41) is 19.0. The molecule has 0 spiro atoms. The molecule has 2 aromatic rings. The van der Waals surface area contributed by atoms with Crippen LogP contribution in [0.3, 0.4) is 0 Å². The van der Waals surface area contributed by atoms with Crippen LogP contribution >= 0.6 is 0 Å². The number of carbonyl (C=O) groups is 2. The fourth-order valence-electron chi connectivity index (χ4n) is 4.54. The summed E-state index contributed by atoms with van der Waals surface area (Å²) in [6.07, 6.45) is 8.01. The molecule has 0 aliphatic heterocycles. The number of nitriles is 2. The van der Waals surface area contributed by atoms with Crippen LogP contribution in [0.2, 0.25) is 0 Å². The molecule has 0 heterocycles. The zero-order valence-corrected chi connectivity index (χ0v) is 29.3.